The molecule has 4 aliphatic rings. The fourth-order valence-electron chi connectivity index (χ4n) is 8.18. The van der Waals surface area contributed by atoms with Crippen LogP contribution < -0.4 is 0 Å². The Labute approximate surface area is 229 Å². The predicted octanol–water partition coefficient (Wildman–Crippen LogP) is 10.8. The largest absolute Gasteiger partial charge is 0.412 e. The normalized spacial score (nSPS) is 38.0. The second-order valence-electron chi connectivity index (χ2n) is 13.2. The summed E-state index contributed by atoms with van der Waals surface area (Å²) >= 11 is 0. The van der Waals surface area contributed by atoms with Crippen LogP contribution >= 0.6 is 0 Å². The highest BCUT2D eigenvalue weighted by atomic mass is 19.4. The summed E-state index contributed by atoms with van der Waals surface area (Å²) in [6.07, 6.45) is 21.7. The van der Waals surface area contributed by atoms with Crippen molar-refractivity contribution in [3.05, 3.63) is 24.1 Å². The Morgan fingerprint density at radius 3 is 1.87 bits per heavy atom. The maximum Gasteiger partial charge on any atom is 0.412 e. The minimum absolute atomic E-state index is 0.133. The molecule has 38 heavy (non-hydrogen) atoms. The topological polar surface area (TPSA) is 9.23 Å². The first-order valence-electron chi connectivity index (χ1n) is 16.1. The van der Waals surface area contributed by atoms with Crippen LogP contribution in [0.3, 0.4) is 0 Å². The molecule has 0 amide bonds. The molecular formula is C33H52F4O. The summed E-state index contributed by atoms with van der Waals surface area (Å²) in [5, 5.41) is 0. The number of alkyl halides is 3. The van der Waals surface area contributed by atoms with Crippen LogP contribution in [0.25, 0.3) is 0 Å². The maximum absolute atomic E-state index is 13.9. The summed E-state index contributed by atoms with van der Waals surface area (Å²) in [6, 6.07) is 0. The molecule has 0 spiro atoms. The van der Waals surface area contributed by atoms with E-state index in [1.807, 2.05) is 0 Å². The van der Waals surface area contributed by atoms with Crippen molar-refractivity contribution in [2.75, 3.05) is 6.61 Å². The van der Waals surface area contributed by atoms with Gasteiger partial charge in [-0.3, -0.25) is 0 Å². The zero-order chi connectivity index (χ0) is 27.0. The minimum Gasteiger partial charge on any atom is -0.374 e. The zero-order valence-electron chi connectivity index (χ0n) is 23.7. The van der Waals surface area contributed by atoms with Gasteiger partial charge in [0.25, 0.3) is 0 Å². The Kier molecular flexibility index (Phi) is 11.6. The van der Waals surface area contributed by atoms with Crippen LogP contribution in [0.1, 0.15) is 122 Å². The van der Waals surface area contributed by atoms with Gasteiger partial charge in [-0.05, 0) is 113 Å². The highest BCUT2D eigenvalue weighted by Gasteiger charge is 2.34. The Balaban J connectivity index is 1.09. The van der Waals surface area contributed by atoms with E-state index in [-0.39, 0.29) is 12.2 Å². The van der Waals surface area contributed by atoms with Crippen LogP contribution in [0.15, 0.2) is 24.1 Å². The highest BCUT2D eigenvalue weighted by Crippen LogP contribution is 2.44. The molecule has 4 fully saturated rings. The van der Waals surface area contributed by atoms with Crippen LogP contribution in [0.5, 0.6) is 0 Å². The number of allylic oxidation sites excluding steroid dienone is 3. The van der Waals surface area contributed by atoms with Crippen LogP contribution in [0.4, 0.5) is 17.6 Å². The molecule has 0 aromatic rings. The van der Waals surface area contributed by atoms with Crippen LogP contribution in [-0.2, 0) is 4.74 Å². The lowest BCUT2D eigenvalue weighted by Crippen LogP contribution is -2.32. The Hall–Kier alpha value is -0.840. The molecule has 4 rings (SSSR count). The van der Waals surface area contributed by atoms with E-state index in [1.54, 1.807) is 0 Å². The molecule has 1 saturated heterocycles. The average Bonchev–Trinajstić information content (AvgIpc) is 2.92. The lowest BCUT2D eigenvalue weighted by atomic mass is 9.69. The van der Waals surface area contributed by atoms with Crippen LogP contribution in [0, 0.1) is 41.4 Å². The van der Waals surface area contributed by atoms with Gasteiger partial charge in [0.05, 0.1) is 18.8 Å². The van der Waals surface area contributed by atoms with Crippen molar-refractivity contribution in [1.29, 1.82) is 0 Å². The first-order chi connectivity index (χ1) is 18.3. The Bertz CT molecular complexity index is 727. The second kappa shape index (κ2) is 14.7. The quantitative estimate of drug-likeness (QED) is 0.161. The third kappa shape index (κ3) is 9.37. The second-order valence-corrected chi connectivity index (χ2v) is 13.2. The minimum atomic E-state index is -4.55. The lowest BCUT2D eigenvalue weighted by Gasteiger charge is -2.38. The van der Waals surface area contributed by atoms with E-state index < -0.39 is 17.9 Å². The van der Waals surface area contributed by atoms with Crippen molar-refractivity contribution in [2.45, 2.75) is 135 Å². The zero-order valence-corrected chi connectivity index (χ0v) is 23.7. The summed E-state index contributed by atoms with van der Waals surface area (Å²) in [4.78, 5) is 0. The van der Waals surface area contributed by atoms with E-state index in [9.17, 15) is 17.6 Å². The molecular weight excluding hydrogens is 488 g/mol. The van der Waals surface area contributed by atoms with Gasteiger partial charge in [-0.1, -0.05) is 57.6 Å². The Morgan fingerprint density at radius 1 is 0.711 bits per heavy atom. The average molecular weight is 541 g/mol. The molecule has 3 saturated carbocycles. The number of halogens is 4. The third-order valence-electron chi connectivity index (χ3n) is 10.7. The van der Waals surface area contributed by atoms with E-state index in [4.69, 9.17) is 4.74 Å². The van der Waals surface area contributed by atoms with Gasteiger partial charge < -0.3 is 4.74 Å². The first kappa shape index (κ1) is 30.1. The van der Waals surface area contributed by atoms with Crippen LogP contribution in [-0.4, -0.2) is 18.9 Å². The van der Waals surface area contributed by atoms with E-state index >= 15 is 0 Å². The van der Waals surface area contributed by atoms with Gasteiger partial charge in [-0.25, -0.2) is 4.39 Å². The summed E-state index contributed by atoms with van der Waals surface area (Å²) < 4.78 is 57.7. The van der Waals surface area contributed by atoms with Crippen LogP contribution in [0.2, 0.25) is 0 Å². The van der Waals surface area contributed by atoms with E-state index in [1.165, 1.54) is 83.5 Å². The molecule has 3 aliphatic carbocycles. The molecule has 218 valence electrons. The molecule has 1 nitrogen and oxygen atoms in total. The van der Waals surface area contributed by atoms with Crippen molar-refractivity contribution in [2.24, 2.45) is 41.4 Å². The van der Waals surface area contributed by atoms with E-state index in [0.29, 0.717) is 30.6 Å². The molecule has 1 aliphatic heterocycles. The van der Waals surface area contributed by atoms with E-state index in [0.717, 1.165) is 43.6 Å². The predicted molar refractivity (Wildman–Crippen MR) is 147 cm³/mol. The molecule has 0 aromatic carbocycles. The fraction of sp³-hybridized carbons (Fsp3) is 0.879. The van der Waals surface area contributed by atoms with Crippen molar-refractivity contribution >= 4 is 0 Å². The molecule has 5 heteroatoms. The summed E-state index contributed by atoms with van der Waals surface area (Å²) in [5.74, 6) is 2.96. The molecule has 2 atom stereocenters. The Morgan fingerprint density at radius 2 is 1.29 bits per heavy atom. The van der Waals surface area contributed by atoms with Crippen molar-refractivity contribution in [3.8, 4) is 0 Å². The number of unbranched alkanes of at least 4 members (excludes halogenated alkanes) is 2. The first-order valence-corrected chi connectivity index (χ1v) is 16.1. The highest BCUT2D eigenvalue weighted by molar-refractivity contribution is 5.04. The van der Waals surface area contributed by atoms with E-state index in [2.05, 4.69) is 19.1 Å². The molecule has 0 N–H and O–H groups in total. The van der Waals surface area contributed by atoms with Gasteiger partial charge >= 0.3 is 6.18 Å². The molecule has 2 unspecified atom stereocenters. The summed E-state index contributed by atoms with van der Waals surface area (Å²) in [5.41, 5.74) is 0. The number of hydrogen-bond acceptors (Lipinski definition) is 1. The van der Waals surface area contributed by atoms with Gasteiger partial charge in [0, 0.05) is 5.92 Å². The van der Waals surface area contributed by atoms with Crippen molar-refractivity contribution < 1.29 is 22.3 Å². The SMILES string of the molecule is CCCCCC1CCC(C2CCC(C=CC3CCC(C4CCC(C(F)=CC(F)(F)F)CC4)CC3)OC2)CC1. The van der Waals surface area contributed by atoms with Crippen molar-refractivity contribution in [3.63, 3.8) is 0 Å². The van der Waals surface area contributed by atoms with Gasteiger partial charge in [0.1, 0.15) is 5.83 Å². The number of ether oxygens (including phenoxy) is 1. The molecule has 0 bridgehead atoms. The molecule has 0 aromatic heterocycles. The van der Waals surface area contributed by atoms with Gasteiger partial charge in [-0.15, -0.1) is 0 Å². The summed E-state index contributed by atoms with van der Waals surface area (Å²) in [7, 11) is 0. The molecule has 1 heterocycles. The van der Waals surface area contributed by atoms with Gasteiger partial charge in [0.2, 0.25) is 0 Å². The molecule has 0 radical (unpaired) electrons. The van der Waals surface area contributed by atoms with Gasteiger partial charge in [-0.2, -0.15) is 13.2 Å². The smallest absolute Gasteiger partial charge is 0.374 e. The summed E-state index contributed by atoms with van der Waals surface area (Å²) in [6.45, 7) is 3.23. The monoisotopic (exact) mass is 540 g/mol. The number of rotatable bonds is 9. The van der Waals surface area contributed by atoms with Gasteiger partial charge in [0.15, 0.2) is 0 Å². The lowest BCUT2D eigenvalue weighted by molar-refractivity contribution is -0.0821. The maximum atomic E-state index is 13.9. The fourth-order valence-corrected chi connectivity index (χ4v) is 8.18. The standard InChI is InChI=1S/C33H52F4O/c1-2-3-4-5-24-6-13-28(14-7-24)30-19-21-31(38-23-30)20-10-25-8-11-26(12-9-25)27-15-17-29(18-16-27)32(34)22-33(35,36)37/h10,20,22,24-31H,2-9,11-19,21,23H2,1H3. The third-order valence-corrected chi connectivity index (χ3v) is 10.7. The number of hydrogen-bond donors (Lipinski definition) is 0. The van der Waals surface area contributed by atoms with Crippen molar-refractivity contribution in [1.82, 2.24) is 0 Å².